The van der Waals surface area contributed by atoms with Crippen molar-refractivity contribution in [2.24, 2.45) is 0 Å². The Morgan fingerprint density at radius 2 is 2.05 bits per heavy atom. The van der Waals surface area contributed by atoms with Crippen LogP contribution in [0.5, 0.6) is 0 Å². The molecule has 0 saturated heterocycles. The van der Waals surface area contributed by atoms with Crippen molar-refractivity contribution in [3.63, 3.8) is 0 Å². The molecule has 2 heterocycles. The van der Waals surface area contributed by atoms with Gasteiger partial charge in [-0.2, -0.15) is 0 Å². The molecule has 1 unspecified atom stereocenters. The standard InChI is InChI=1S/C15H15N3OS/c1-2-11-6-5-9-16-14(11)10-20(19)15-17-12-7-3-4-8-13(12)18-15/h3-9H,2,10H2,1H3,(H,17,18). The minimum absolute atomic E-state index is 0.393. The maximum atomic E-state index is 12.4. The van der Waals surface area contributed by atoms with Gasteiger partial charge in [-0.05, 0) is 30.2 Å². The maximum absolute atomic E-state index is 12.4. The zero-order valence-electron chi connectivity index (χ0n) is 11.2. The largest absolute Gasteiger partial charge is 0.331 e. The number of aromatic amines is 1. The number of fused-ring (bicyclic) bond motifs is 1. The van der Waals surface area contributed by atoms with Crippen molar-refractivity contribution >= 4 is 21.8 Å². The SMILES string of the molecule is CCc1cccnc1CS(=O)c1nc2ccccc2[nH]1. The summed E-state index contributed by atoms with van der Waals surface area (Å²) in [6.07, 6.45) is 2.63. The molecule has 20 heavy (non-hydrogen) atoms. The van der Waals surface area contributed by atoms with Crippen LogP contribution in [0, 0.1) is 0 Å². The lowest BCUT2D eigenvalue weighted by Crippen LogP contribution is -2.03. The summed E-state index contributed by atoms with van der Waals surface area (Å²) in [6, 6.07) is 11.6. The second-order valence-corrected chi connectivity index (χ2v) is 5.88. The molecule has 1 atom stereocenters. The third kappa shape index (κ3) is 2.49. The second-order valence-electron chi connectivity index (χ2n) is 4.51. The number of H-pyrrole nitrogens is 1. The summed E-state index contributed by atoms with van der Waals surface area (Å²) < 4.78 is 12.4. The molecular formula is C15H15N3OS. The quantitative estimate of drug-likeness (QED) is 0.802. The third-order valence-corrected chi connectivity index (χ3v) is 4.38. The van der Waals surface area contributed by atoms with Crippen molar-refractivity contribution < 1.29 is 4.21 Å². The van der Waals surface area contributed by atoms with E-state index in [-0.39, 0.29) is 0 Å². The van der Waals surface area contributed by atoms with E-state index in [1.54, 1.807) is 6.20 Å². The molecule has 0 bridgehead atoms. The van der Waals surface area contributed by atoms with Gasteiger partial charge in [-0.25, -0.2) is 4.98 Å². The average molecular weight is 285 g/mol. The third-order valence-electron chi connectivity index (χ3n) is 3.22. The van der Waals surface area contributed by atoms with Crippen LogP contribution < -0.4 is 0 Å². The number of nitrogens with zero attached hydrogens (tertiary/aromatic N) is 2. The molecule has 0 saturated carbocycles. The molecule has 1 N–H and O–H groups in total. The molecular weight excluding hydrogens is 270 g/mol. The molecule has 0 aliphatic heterocycles. The van der Waals surface area contributed by atoms with E-state index in [2.05, 4.69) is 21.9 Å². The van der Waals surface area contributed by atoms with E-state index in [9.17, 15) is 4.21 Å². The zero-order valence-corrected chi connectivity index (χ0v) is 12.0. The predicted molar refractivity (Wildman–Crippen MR) is 79.8 cm³/mol. The maximum Gasteiger partial charge on any atom is 0.197 e. The highest BCUT2D eigenvalue weighted by atomic mass is 32.2. The van der Waals surface area contributed by atoms with Gasteiger partial charge in [0.2, 0.25) is 0 Å². The fourth-order valence-corrected chi connectivity index (χ4v) is 3.22. The Morgan fingerprint density at radius 1 is 1.20 bits per heavy atom. The first-order chi connectivity index (χ1) is 9.78. The molecule has 5 heteroatoms. The van der Waals surface area contributed by atoms with Crippen LogP contribution in [0.3, 0.4) is 0 Å². The molecule has 0 amide bonds. The van der Waals surface area contributed by atoms with Gasteiger partial charge < -0.3 is 4.98 Å². The molecule has 0 fully saturated rings. The summed E-state index contributed by atoms with van der Waals surface area (Å²) in [4.78, 5) is 11.8. The van der Waals surface area contributed by atoms with Gasteiger partial charge in [0, 0.05) is 6.20 Å². The van der Waals surface area contributed by atoms with Crippen molar-refractivity contribution in [2.75, 3.05) is 0 Å². The second kappa shape index (κ2) is 5.54. The summed E-state index contributed by atoms with van der Waals surface area (Å²) in [7, 11) is -1.21. The Labute approximate surface area is 119 Å². The first-order valence-corrected chi connectivity index (χ1v) is 7.85. The lowest BCUT2D eigenvalue weighted by molar-refractivity contribution is 0.676. The summed E-state index contributed by atoms with van der Waals surface area (Å²) in [5, 5.41) is 0.513. The Morgan fingerprint density at radius 3 is 2.85 bits per heavy atom. The van der Waals surface area contributed by atoms with Crippen LogP contribution in [0.2, 0.25) is 0 Å². The number of rotatable bonds is 4. The molecule has 102 valence electrons. The monoisotopic (exact) mass is 285 g/mol. The minimum Gasteiger partial charge on any atom is -0.331 e. The van der Waals surface area contributed by atoms with E-state index in [1.807, 2.05) is 36.4 Å². The smallest absolute Gasteiger partial charge is 0.197 e. The number of aromatic nitrogens is 3. The van der Waals surface area contributed by atoms with Crippen LogP contribution in [0.15, 0.2) is 47.8 Å². The average Bonchev–Trinajstić information content (AvgIpc) is 2.92. The zero-order chi connectivity index (χ0) is 13.9. The summed E-state index contributed by atoms with van der Waals surface area (Å²) >= 11 is 0. The number of nitrogens with one attached hydrogen (secondary N) is 1. The van der Waals surface area contributed by atoms with Gasteiger partial charge in [0.15, 0.2) is 5.16 Å². The van der Waals surface area contributed by atoms with Crippen LogP contribution in [-0.2, 0) is 23.0 Å². The number of hydrogen-bond donors (Lipinski definition) is 1. The molecule has 0 aliphatic carbocycles. The predicted octanol–water partition coefficient (Wildman–Crippen LogP) is 2.83. The molecule has 0 aliphatic rings. The van der Waals surface area contributed by atoms with Crippen LogP contribution in [0.4, 0.5) is 0 Å². The van der Waals surface area contributed by atoms with Gasteiger partial charge in [-0.1, -0.05) is 25.1 Å². The topological polar surface area (TPSA) is 58.6 Å². The first-order valence-electron chi connectivity index (χ1n) is 6.54. The molecule has 1 aromatic carbocycles. The van der Waals surface area contributed by atoms with Crippen LogP contribution in [0.1, 0.15) is 18.2 Å². The van der Waals surface area contributed by atoms with Crippen molar-refractivity contribution in [2.45, 2.75) is 24.3 Å². The normalized spacial score (nSPS) is 12.7. The molecule has 0 radical (unpaired) electrons. The van der Waals surface area contributed by atoms with Gasteiger partial charge in [0.1, 0.15) is 0 Å². The van der Waals surface area contributed by atoms with Gasteiger partial charge in [0.05, 0.1) is 33.3 Å². The highest BCUT2D eigenvalue weighted by Crippen LogP contribution is 2.16. The van der Waals surface area contributed by atoms with Gasteiger partial charge >= 0.3 is 0 Å². The van der Waals surface area contributed by atoms with E-state index < -0.39 is 10.8 Å². The van der Waals surface area contributed by atoms with Gasteiger partial charge in [-0.15, -0.1) is 0 Å². The van der Waals surface area contributed by atoms with E-state index in [4.69, 9.17) is 0 Å². The van der Waals surface area contributed by atoms with E-state index in [0.29, 0.717) is 10.9 Å². The molecule has 3 rings (SSSR count). The lowest BCUT2D eigenvalue weighted by Gasteiger charge is -2.04. The number of benzene rings is 1. The van der Waals surface area contributed by atoms with Crippen molar-refractivity contribution in [1.29, 1.82) is 0 Å². The number of para-hydroxylation sites is 2. The molecule has 3 aromatic rings. The van der Waals surface area contributed by atoms with Crippen LogP contribution >= 0.6 is 0 Å². The Hall–Kier alpha value is -2.01. The number of imidazole rings is 1. The Bertz CT molecular complexity index is 733. The Kier molecular flexibility index (Phi) is 3.60. The number of pyridine rings is 1. The fraction of sp³-hybridized carbons (Fsp3) is 0.200. The first kappa shape index (κ1) is 13.0. The summed E-state index contributed by atoms with van der Waals surface area (Å²) in [5.74, 6) is 0.393. The van der Waals surface area contributed by atoms with Crippen molar-refractivity contribution in [3.05, 3.63) is 53.9 Å². The van der Waals surface area contributed by atoms with E-state index >= 15 is 0 Å². The highest BCUT2D eigenvalue weighted by Gasteiger charge is 2.13. The van der Waals surface area contributed by atoms with Crippen LogP contribution in [-0.4, -0.2) is 19.2 Å². The molecule has 0 spiro atoms. The molecule has 4 nitrogen and oxygen atoms in total. The van der Waals surface area contributed by atoms with Crippen molar-refractivity contribution in [3.8, 4) is 0 Å². The number of hydrogen-bond acceptors (Lipinski definition) is 3. The highest BCUT2D eigenvalue weighted by molar-refractivity contribution is 7.84. The minimum atomic E-state index is -1.21. The van der Waals surface area contributed by atoms with Crippen LogP contribution in [0.25, 0.3) is 11.0 Å². The van der Waals surface area contributed by atoms with E-state index in [0.717, 1.165) is 28.7 Å². The summed E-state index contributed by atoms with van der Waals surface area (Å²) in [5.41, 5.74) is 3.77. The molecule has 2 aromatic heterocycles. The summed E-state index contributed by atoms with van der Waals surface area (Å²) in [6.45, 7) is 2.07. The van der Waals surface area contributed by atoms with Gasteiger partial charge in [-0.3, -0.25) is 9.19 Å². The fourth-order valence-electron chi connectivity index (χ4n) is 2.15. The Balaban J connectivity index is 1.89. The van der Waals surface area contributed by atoms with Crippen molar-refractivity contribution in [1.82, 2.24) is 15.0 Å². The van der Waals surface area contributed by atoms with Gasteiger partial charge in [0.25, 0.3) is 0 Å². The lowest BCUT2D eigenvalue weighted by atomic mass is 10.1. The number of aryl methyl sites for hydroxylation is 1. The van der Waals surface area contributed by atoms with E-state index in [1.165, 1.54) is 0 Å².